The monoisotopic (exact) mass is 275 g/mol. The Morgan fingerprint density at radius 3 is 2.59 bits per heavy atom. The maximum absolute atomic E-state index is 10.7. The first-order valence-electron chi connectivity index (χ1n) is 5.41. The number of aliphatic carboxylic acids is 1. The Morgan fingerprint density at radius 1 is 1.35 bits per heavy atom. The van der Waals surface area contributed by atoms with Crippen molar-refractivity contribution >= 4 is 29.2 Å². The average molecular weight is 276 g/mol. The van der Waals surface area contributed by atoms with E-state index in [4.69, 9.17) is 28.3 Å². The van der Waals surface area contributed by atoms with Crippen molar-refractivity contribution in [2.24, 2.45) is 0 Å². The van der Waals surface area contributed by atoms with Gasteiger partial charge in [0.1, 0.15) is 0 Å². The van der Waals surface area contributed by atoms with Crippen molar-refractivity contribution in [2.75, 3.05) is 13.1 Å². The van der Waals surface area contributed by atoms with Crippen LogP contribution >= 0.6 is 23.2 Å². The Morgan fingerprint density at radius 2 is 2.06 bits per heavy atom. The molecule has 0 saturated heterocycles. The lowest BCUT2D eigenvalue weighted by atomic mass is 10.2. The molecule has 1 aromatic carbocycles. The number of carbonyl (C=O) groups is 1. The second-order valence-electron chi connectivity index (χ2n) is 3.85. The molecule has 0 radical (unpaired) electrons. The summed E-state index contributed by atoms with van der Waals surface area (Å²) >= 11 is 11.7. The Balaban J connectivity index is 2.71. The third kappa shape index (κ3) is 4.94. The van der Waals surface area contributed by atoms with Crippen molar-refractivity contribution in [1.29, 1.82) is 0 Å². The van der Waals surface area contributed by atoms with Crippen molar-refractivity contribution in [3.63, 3.8) is 0 Å². The van der Waals surface area contributed by atoms with Crippen LogP contribution in [0.2, 0.25) is 10.0 Å². The first kappa shape index (κ1) is 14.3. The Labute approximate surface area is 111 Å². The highest BCUT2D eigenvalue weighted by molar-refractivity contribution is 6.42. The molecule has 1 N–H and O–H groups in total. The Bertz CT molecular complexity index is 396. The van der Waals surface area contributed by atoms with Gasteiger partial charge in [0.15, 0.2) is 0 Å². The largest absolute Gasteiger partial charge is 0.480 e. The van der Waals surface area contributed by atoms with E-state index in [1.807, 2.05) is 17.9 Å². The molecule has 0 aliphatic rings. The number of nitrogens with zero attached hydrogens (tertiary/aromatic N) is 1. The molecular formula is C12H15Cl2NO2. The zero-order chi connectivity index (χ0) is 12.8. The molecule has 0 atom stereocenters. The second kappa shape index (κ2) is 6.84. The first-order chi connectivity index (χ1) is 8.02. The molecule has 0 aromatic heterocycles. The normalized spacial score (nSPS) is 10.8. The minimum atomic E-state index is -0.821. The van der Waals surface area contributed by atoms with Gasteiger partial charge in [-0.15, -0.1) is 0 Å². The Kier molecular flexibility index (Phi) is 5.75. The summed E-state index contributed by atoms with van der Waals surface area (Å²) in [5.74, 6) is -0.821. The molecule has 5 heteroatoms. The minimum Gasteiger partial charge on any atom is -0.480 e. The van der Waals surface area contributed by atoms with Gasteiger partial charge >= 0.3 is 5.97 Å². The van der Waals surface area contributed by atoms with Crippen LogP contribution in [0.25, 0.3) is 0 Å². The van der Waals surface area contributed by atoms with Gasteiger partial charge in [0, 0.05) is 6.54 Å². The highest BCUT2D eigenvalue weighted by atomic mass is 35.5. The molecule has 0 unspecified atom stereocenters. The fraction of sp³-hybridized carbons (Fsp3) is 0.417. The van der Waals surface area contributed by atoms with Gasteiger partial charge < -0.3 is 5.11 Å². The molecule has 0 aliphatic heterocycles. The summed E-state index contributed by atoms with van der Waals surface area (Å²) in [4.78, 5) is 12.6. The fourth-order valence-corrected chi connectivity index (χ4v) is 1.94. The lowest BCUT2D eigenvalue weighted by Gasteiger charge is -2.19. The number of hydrogen-bond donors (Lipinski definition) is 1. The highest BCUT2D eigenvalue weighted by Gasteiger charge is 2.10. The molecule has 0 bridgehead atoms. The molecular weight excluding hydrogens is 261 g/mol. The number of benzene rings is 1. The van der Waals surface area contributed by atoms with Gasteiger partial charge in [-0.05, 0) is 30.7 Å². The molecule has 1 rings (SSSR count). The second-order valence-corrected chi connectivity index (χ2v) is 4.67. The molecule has 1 aromatic rings. The first-order valence-corrected chi connectivity index (χ1v) is 6.16. The molecule has 0 saturated carbocycles. The zero-order valence-corrected chi connectivity index (χ0v) is 11.1. The van der Waals surface area contributed by atoms with Gasteiger partial charge in [-0.25, -0.2) is 0 Å². The summed E-state index contributed by atoms with van der Waals surface area (Å²) in [7, 11) is 0. The SMILES string of the molecule is CCCN(CC(=O)O)Cc1ccc(Cl)c(Cl)c1. The third-order valence-electron chi connectivity index (χ3n) is 2.29. The number of hydrogen-bond acceptors (Lipinski definition) is 2. The maximum Gasteiger partial charge on any atom is 0.317 e. The molecule has 94 valence electrons. The minimum absolute atomic E-state index is 0.0358. The van der Waals surface area contributed by atoms with E-state index in [1.165, 1.54) is 0 Å². The molecule has 0 heterocycles. The maximum atomic E-state index is 10.7. The quantitative estimate of drug-likeness (QED) is 0.866. The van der Waals surface area contributed by atoms with E-state index in [0.717, 1.165) is 18.5 Å². The predicted molar refractivity (Wildman–Crippen MR) is 69.7 cm³/mol. The van der Waals surface area contributed by atoms with E-state index in [2.05, 4.69) is 0 Å². The van der Waals surface area contributed by atoms with E-state index in [-0.39, 0.29) is 6.54 Å². The smallest absolute Gasteiger partial charge is 0.317 e. The topological polar surface area (TPSA) is 40.5 Å². The van der Waals surface area contributed by atoms with Crippen LogP contribution in [0.4, 0.5) is 0 Å². The van der Waals surface area contributed by atoms with Crippen molar-refractivity contribution in [3.8, 4) is 0 Å². The van der Waals surface area contributed by atoms with Crippen molar-refractivity contribution in [1.82, 2.24) is 4.90 Å². The predicted octanol–water partition coefficient (Wildman–Crippen LogP) is 3.29. The average Bonchev–Trinajstić information content (AvgIpc) is 2.23. The van der Waals surface area contributed by atoms with Crippen LogP contribution in [0.1, 0.15) is 18.9 Å². The van der Waals surface area contributed by atoms with Crippen LogP contribution in [0.15, 0.2) is 18.2 Å². The summed E-state index contributed by atoms with van der Waals surface area (Å²) in [6.45, 7) is 3.36. The molecule has 0 amide bonds. The third-order valence-corrected chi connectivity index (χ3v) is 3.03. The zero-order valence-electron chi connectivity index (χ0n) is 9.62. The van der Waals surface area contributed by atoms with Crippen molar-refractivity contribution in [3.05, 3.63) is 33.8 Å². The lowest BCUT2D eigenvalue weighted by Crippen LogP contribution is -2.30. The summed E-state index contributed by atoms with van der Waals surface area (Å²) < 4.78 is 0. The summed E-state index contributed by atoms with van der Waals surface area (Å²) in [6, 6.07) is 5.36. The van der Waals surface area contributed by atoms with Gasteiger partial charge in [0.25, 0.3) is 0 Å². The van der Waals surface area contributed by atoms with Crippen LogP contribution in [0.3, 0.4) is 0 Å². The van der Waals surface area contributed by atoms with Crippen molar-refractivity contribution in [2.45, 2.75) is 19.9 Å². The molecule has 0 aliphatic carbocycles. The van der Waals surface area contributed by atoms with Gasteiger partial charge in [-0.1, -0.05) is 36.2 Å². The van der Waals surface area contributed by atoms with Crippen LogP contribution < -0.4 is 0 Å². The Hall–Kier alpha value is -0.770. The van der Waals surface area contributed by atoms with Gasteiger partial charge in [0.2, 0.25) is 0 Å². The van der Waals surface area contributed by atoms with E-state index in [1.54, 1.807) is 12.1 Å². The fourth-order valence-electron chi connectivity index (χ4n) is 1.62. The number of carboxylic acids is 1. The molecule has 0 spiro atoms. The summed E-state index contributed by atoms with van der Waals surface area (Å²) in [6.07, 6.45) is 0.911. The van der Waals surface area contributed by atoms with Gasteiger partial charge in [-0.3, -0.25) is 9.69 Å². The van der Waals surface area contributed by atoms with E-state index in [0.29, 0.717) is 16.6 Å². The lowest BCUT2D eigenvalue weighted by molar-refractivity contribution is -0.138. The summed E-state index contributed by atoms with van der Waals surface area (Å²) in [5.41, 5.74) is 0.967. The van der Waals surface area contributed by atoms with Crippen LogP contribution in [-0.4, -0.2) is 29.1 Å². The van der Waals surface area contributed by atoms with Crippen LogP contribution in [0, 0.1) is 0 Å². The van der Waals surface area contributed by atoms with E-state index >= 15 is 0 Å². The van der Waals surface area contributed by atoms with Gasteiger partial charge in [-0.2, -0.15) is 0 Å². The number of halogens is 2. The molecule has 3 nitrogen and oxygen atoms in total. The van der Waals surface area contributed by atoms with Crippen molar-refractivity contribution < 1.29 is 9.90 Å². The van der Waals surface area contributed by atoms with Crippen LogP contribution in [0.5, 0.6) is 0 Å². The molecule has 17 heavy (non-hydrogen) atoms. The number of rotatable bonds is 6. The number of carboxylic acid groups (broad SMARTS) is 1. The van der Waals surface area contributed by atoms with Crippen LogP contribution in [-0.2, 0) is 11.3 Å². The molecule has 0 fully saturated rings. The van der Waals surface area contributed by atoms with Gasteiger partial charge in [0.05, 0.1) is 16.6 Å². The standard InChI is InChI=1S/C12H15Cl2NO2/c1-2-5-15(8-12(16)17)7-9-3-4-10(13)11(14)6-9/h3-4,6H,2,5,7-8H2,1H3,(H,16,17). The van der Waals surface area contributed by atoms with E-state index in [9.17, 15) is 4.79 Å². The summed E-state index contributed by atoms with van der Waals surface area (Å²) in [5, 5.41) is 9.80. The highest BCUT2D eigenvalue weighted by Crippen LogP contribution is 2.23. The van der Waals surface area contributed by atoms with E-state index < -0.39 is 5.97 Å².